The number of urea groups is 1. The van der Waals surface area contributed by atoms with Crippen LogP contribution in [0.4, 0.5) is 4.79 Å². The number of carbonyl (C=O) groups excluding carboxylic acids is 1. The van der Waals surface area contributed by atoms with E-state index in [2.05, 4.69) is 11.4 Å². The Morgan fingerprint density at radius 3 is 3.10 bits per heavy atom. The molecule has 2 amide bonds. The summed E-state index contributed by atoms with van der Waals surface area (Å²) in [7, 11) is 0. The molecule has 0 bridgehead atoms. The molecule has 1 aromatic rings. The van der Waals surface area contributed by atoms with Crippen molar-refractivity contribution in [3.63, 3.8) is 0 Å². The number of fused-ring (bicyclic) bond motifs is 1. The molecule has 3 unspecified atom stereocenters. The minimum atomic E-state index is -0.0390. The molecule has 1 aromatic carbocycles. The lowest BCUT2D eigenvalue weighted by molar-refractivity contribution is 0.192. The highest BCUT2D eigenvalue weighted by Crippen LogP contribution is 2.35. The van der Waals surface area contributed by atoms with E-state index in [1.807, 2.05) is 25.1 Å². The number of likely N-dealkylation sites (tertiary alicyclic amines) is 1. The molecule has 0 aliphatic carbocycles. The zero-order valence-corrected chi connectivity index (χ0v) is 12.3. The van der Waals surface area contributed by atoms with E-state index in [0.717, 1.165) is 18.7 Å². The summed E-state index contributed by atoms with van der Waals surface area (Å²) in [5.41, 5.74) is 1.17. The number of hydrogen-bond acceptors (Lipinski definition) is 3. The average Bonchev–Trinajstić information content (AvgIpc) is 3.14. The second-order valence-electron chi connectivity index (χ2n) is 5.98. The number of aliphatic hydroxyl groups excluding tert-OH is 1. The molecular weight excluding hydrogens is 268 g/mol. The summed E-state index contributed by atoms with van der Waals surface area (Å²) in [5.74, 6) is 1.34. The number of nitrogens with zero attached hydrogens (tertiary/aromatic N) is 1. The Morgan fingerprint density at radius 2 is 2.33 bits per heavy atom. The van der Waals surface area contributed by atoms with Gasteiger partial charge in [0.05, 0.1) is 6.61 Å². The van der Waals surface area contributed by atoms with Crippen molar-refractivity contribution in [1.82, 2.24) is 10.2 Å². The van der Waals surface area contributed by atoms with Gasteiger partial charge in [0.2, 0.25) is 0 Å². The number of benzene rings is 1. The third-order valence-electron chi connectivity index (χ3n) is 4.52. The summed E-state index contributed by atoms with van der Waals surface area (Å²) in [6.45, 7) is 4.16. The van der Waals surface area contributed by atoms with Crippen molar-refractivity contribution < 1.29 is 14.6 Å². The fourth-order valence-electron chi connectivity index (χ4n) is 3.15. The van der Waals surface area contributed by atoms with Crippen molar-refractivity contribution in [2.24, 2.45) is 5.92 Å². The van der Waals surface area contributed by atoms with Crippen molar-refractivity contribution in [3.8, 4) is 5.75 Å². The molecule has 0 spiro atoms. The average molecular weight is 290 g/mol. The lowest BCUT2D eigenvalue weighted by atomic mass is 9.94. The Balaban J connectivity index is 1.60. The molecule has 1 fully saturated rings. The molecule has 3 rings (SSSR count). The normalized spacial score (nSPS) is 25.3. The number of amides is 2. The molecule has 2 heterocycles. The van der Waals surface area contributed by atoms with E-state index < -0.39 is 0 Å². The fraction of sp³-hybridized carbons (Fsp3) is 0.562. The molecule has 2 aliphatic heterocycles. The van der Waals surface area contributed by atoms with E-state index in [1.165, 1.54) is 5.56 Å². The van der Waals surface area contributed by atoms with Gasteiger partial charge in [0.1, 0.15) is 5.75 Å². The third-order valence-corrected chi connectivity index (χ3v) is 4.52. The highest BCUT2D eigenvalue weighted by molar-refractivity contribution is 5.75. The summed E-state index contributed by atoms with van der Waals surface area (Å²) in [6.07, 6.45) is 0.883. The largest absolute Gasteiger partial charge is 0.493 e. The molecule has 5 nitrogen and oxygen atoms in total. The number of rotatable bonds is 3. The van der Waals surface area contributed by atoms with Gasteiger partial charge in [-0.25, -0.2) is 4.79 Å². The van der Waals surface area contributed by atoms with Gasteiger partial charge < -0.3 is 20.1 Å². The second-order valence-corrected chi connectivity index (χ2v) is 5.98. The van der Waals surface area contributed by atoms with E-state index in [0.29, 0.717) is 13.2 Å². The summed E-state index contributed by atoms with van der Waals surface area (Å²) < 4.78 is 5.68. The predicted molar refractivity (Wildman–Crippen MR) is 79.4 cm³/mol. The smallest absolute Gasteiger partial charge is 0.317 e. The van der Waals surface area contributed by atoms with Crippen LogP contribution in [0.15, 0.2) is 24.3 Å². The first-order valence-electron chi connectivity index (χ1n) is 7.57. The summed E-state index contributed by atoms with van der Waals surface area (Å²) in [5, 5.41) is 12.2. The first-order valence-corrected chi connectivity index (χ1v) is 7.57. The molecule has 21 heavy (non-hydrogen) atoms. The SMILES string of the molecule is CC(NC(=O)N1CCC(CO)C1)C1COc2ccccc21. The van der Waals surface area contributed by atoms with Gasteiger partial charge in [0, 0.05) is 43.1 Å². The van der Waals surface area contributed by atoms with E-state index in [4.69, 9.17) is 9.84 Å². The Bertz CT molecular complexity index is 520. The van der Waals surface area contributed by atoms with Crippen LogP contribution in [0.1, 0.15) is 24.8 Å². The molecule has 0 radical (unpaired) electrons. The van der Waals surface area contributed by atoms with E-state index >= 15 is 0 Å². The number of para-hydroxylation sites is 1. The molecule has 114 valence electrons. The van der Waals surface area contributed by atoms with Crippen LogP contribution in [0.3, 0.4) is 0 Å². The third kappa shape index (κ3) is 2.83. The van der Waals surface area contributed by atoms with Gasteiger partial charge in [-0.3, -0.25) is 0 Å². The quantitative estimate of drug-likeness (QED) is 0.888. The number of hydrogen-bond donors (Lipinski definition) is 2. The maximum atomic E-state index is 12.3. The molecule has 2 N–H and O–H groups in total. The zero-order valence-electron chi connectivity index (χ0n) is 12.3. The van der Waals surface area contributed by atoms with E-state index in [1.54, 1.807) is 4.90 Å². The van der Waals surface area contributed by atoms with Crippen LogP contribution in [0.5, 0.6) is 5.75 Å². The molecular formula is C16H22N2O3. The minimum absolute atomic E-state index is 0.0225. The molecule has 0 saturated carbocycles. The second kappa shape index (κ2) is 5.93. The molecule has 1 saturated heterocycles. The Labute approximate surface area is 124 Å². The van der Waals surface area contributed by atoms with Crippen LogP contribution in [-0.2, 0) is 0 Å². The van der Waals surface area contributed by atoms with Crippen LogP contribution in [-0.4, -0.2) is 48.4 Å². The van der Waals surface area contributed by atoms with Gasteiger partial charge in [0.25, 0.3) is 0 Å². The van der Waals surface area contributed by atoms with Gasteiger partial charge in [-0.1, -0.05) is 18.2 Å². The zero-order chi connectivity index (χ0) is 14.8. The van der Waals surface area contributed by atoms with Crippen molar-refractivity contribution in [2.45, 2.75) is 25.3 Å². The Morgan fingerprint density at radius 1 is 1.52 bits per heavy atom. The van der Waals surface area contributed by atoms with Crippen LogP contribution >= 0.6 is 0 Å². The summed E-state index contributed by atoms with van der Waals surface area (Å²) in [6, 6.07) is 7.98. The number of nitrogens with one attached hydrogen (secondary N) is 1. The molecule has 2 aliphatic rings. The monoisotopic (exact) mass is 290 g/mol. The fourth-order valence-corrected chi connectivity index (χ4v) is 3.15. The van der Waals surface area contributed by atoms with Crippen molar-refractivity contribution in [1.29, 1.82) is 0 Å². The Hall–Kier alpha value is -1.75. The van der Waals surface area contributed by atoms with Gasteiger partial charge in [-0.05, 0) is 19.4 Å². The van der Waals surface area contributed by atoms with Crippen LogP contribution in [0, 0.1) is 5.92 Å². The standard InChI is InChI=1S/C16H22N2O3/c1-11(14-10-21-15-5-3-2-4-13(14)15)17-16(20)18-7-6-12(8-18)9-19/h2-5,11-12,14,19H,6-10H2,1H3,(H,17,20). The first kappa shape index (κ1) is 14.2. The van der Waals surface area contributed by atoms with Gasteiger partial charge in [-0.15, -0.1) is 0 Å². The number of carbonyl (C=O) groups is 1. The van der Waals surface area contributed by atoms with Crippen molar-refractivity contribution in [2.75, 3.05) is 26.3 Å². The Kier molecular flexibility index (Phi) is 4.01. The minimum Gasteiger partial charge on any atom is -0.493 e. The molecule has 5 heteroatoms. The highest BCUT2D eigenvalue weighted by atomic mass is 16.5. The van der Waals surface area contributed by atoms with Crippen LogP contribution in [0.2, 0.25) is 0 Å². The number of ether oxygens (including phenoxy) is 1. The van der Waals surface area contributed by atoms with Crippen molar-refractivity contribution in [3.05, 3.63) is 29.8 Å². The summed E-state index contributed by atoms with van der Waals surface area (Å²) >= 11 is 0. The van der Waals surface area contributed by atoms with Gasteiger partial charge >= 0.3 is 6.03 Å². The van der Waals surface area contributed by atoms with Crippen LogP contribution < -0.4 is 10.1 Å². The molecule has 3 atom stereocenters. The lowest BCUT2D eigenvalue weighted by Gasteiger charge is -2.24. The maximum absolute atomic E-state index is 12.3. The highest BCUT2D eigenvalue weighted by Gasteiger charge is 2.32. The van der Waals surface area contributed by atoms with E-state index in [-0.39, 0.29) is 30.5 Å². The lowest BCUT2D eigenvalue weighted by Crippen LogP contribution is -2.45. The van der Waals surface area contributed by atoms with Gasteiger partial charge in [0.15, 0.2) is 0 Å². The van der Waals surface area contributed by atoms with E-state index in [9.17, 15) is 4.79 Å². The van der Waals surface area contributed by atoms with Crippen LogP contribution in [0.25, 0.3) is 0 Å². The molecule has 0 aromatic heterocycles. The number of aliphatic hydroxyl groups is 1. The van der Waals surface area contributed by atoms with Gasteiger partial charge in [-0.2, -0.15) is 0 Å². The summed E-state index contributed by atoms with van der Waals surface area (Å²) in [4.78, 5) is 14.1. The maximum Gasteiger partial charge on any atom is 0.317 e. The topological polar surface area (TPSA) is 61.8 Å². The predicted octanol–water partition coefficient (Wildman–Crippen LogP) is 1.57. The first-order chi connectivity index (χ1) is 10.2. The van der Waals surface area contributed by atoms with Crippen molar-refractivity contribution >= 4 is 6.03 Å².